The highest BCUT2D eigenvalue weighted by Crippen LogP contribution is 2.19. The van der Waals surface area contributed by atoms with Crippen molar-refractivity contribution in [1.82, 2.24) is 4.90 Å². The van der Waals surface area contributed by atoms with Crippen LogP contribution in [0.15, 0.2) is 24.3 Å². The Labute approximate surface area is 141 Å². The molecule has 1 N–H and O–H groups in total. The van der Waals surface area contributed by atoms with Crippen LogP contribution in [0.2, 0.25) is 0 Å². The van der Waals surface area contributed by atoms with Gasteiger partial charge in [-0.1, -0.05) is 13.0 Å². The third-order valence-electron chi connectivity index (χ3n) is 3.98. The van der Waals surface area contributed by atoms with Gasteiger partial charge in [0.05, 0.1) is 23.4 Å². The lowest BCUT2D eigenvalue weighted by Crippen LogP contribution is -2.43. The molecule has 0 spiro atoms. The number of carbonyl (C=O) groups is 1. The van der Waals surface area contributed by atoms with Crippen LogP contribution in [0, 0.1) is 29.0 Å². The van der Waals surface area contributed by atoms with E-state index in [2.05, 4.69) is 10.8 Å². The fraction of sp³-hybridized carbons (Fsp3) is 0.500. The summed E-state index contributed by atoms with van der Waals surface area (Å²) in [4.78, 5) is 14.0. The summed E-state index contributed by atoms with van der Waals surface area (Å²) in [7, 11) is -3.77. The normalized spacial score (nSPS) is 17.1. The monoisotopic (exact) mass is 353 g/mol. The highest BCUT2D eigenvalue weighted by atomic mass is 32.2. The van der Waals surface area contributed by atoms with E-state index in [1.165, 1.54) is 18.2 Å². The van der Waals surface area contributed by atoms with E-state index in [9.17, 15) is 17.6 Å². The zero-order chi connectivity index (χ0) is 17.7. The van der Waals surface area contributed by atoms with Gasteiger partial charge < -0.3 is 4.90 Å². The van der Waals surface area contributed by atoms with E-state index in [1.54, 1.807) is 11.8 Å². The van der Waals surface area contributed by atoms with Crippen LogP contribution < -0.4 is 4.72 Å². The van der Waals surface area contributed by atoms with Crippen molar-refractivity contribution in [2.45, 2.75) is 19.8 Å². The average Bonchev–Trinajstić information content (AvgIpc) is 2.53. The molecular formula is C16H20FN3O3S. The first kappa shape index (κ1) is 18.2. The van der Waals surface area contributed by atoms with Gasteiger partial charge in [-0.15, -0.1) is 0 Å². The molecule has 1 unspecified atom stereocenters. The second-order valence-corrected chi connectivity index (χ2v) is 7.79. The number of halogens is 1. The number of anilines is 1. The first-order valence-corrected chi connectivity index (χ1v) is 9.40. The number of nitrogens with one attached hydrogen (secondary N) is 1. The quantitative estimate of drug-likeness (QED) is 0.876. The minimum absolute atomic E-state index is 0.0391. The summed E-state index contributed by atoms with van der Waals surface area (Å²) in [6.07, 6.45) is 1.23. The lowest BCUT2D eigenvalue weighted by Gasteiger charge is -2.31. The number of hydrogen-bond acceptors (Lipinski definition) is 4. The van der Waals surface area contributed by atoms with Gasteiger partial charge in [-0.2, -0.15) is 5.26 Å². The number of nitrogens with zero attached hydrogens (tertiary/aromatic N) is 2. The molecule has 0 saturated carbocycles. The maximum Gasteiger partial charge on any atom is 0.233 e. The summed E-state index contributed by atoms with van der Waals surface area (Å²) < 4.78 is 39.7. The van der Waals surface area contributed by atoms with E-state index >= 15 is 0 Å². The molecule has 1 atom stereocenters. The van der Waals surface area contributed by atoms with Crippen molar-refractivity contribution in [2.75, 3.05) is 23.6 Å². The number of piperidine rings is 1. The lowest BCUT2D eigenvalue weighted by atomic mass is 9.97. The maximum atomic E-state index is 13.1. The predicted molar refractivity (Wildman–Crippen MR) is 87.9 cm³/mol. The van der Waals surface area contributed by atoms with Crippen molar-refractivity contribution < 1.29 is 17.6 Å². The number of amides is 1. The number of hydrogen-bond donors (Lipinski definition) is 1. The minimum Gasteiger partial charge on any atom is -0.342 e. The lowest BCUT2D eigenvalue weighted by molar-refractivity contribution is -0.135. The summed E-state index contributed by atoms with van der Waals surface area (Å²) in [5.41, 5.74) is 0.129. The number of rotatable bonds is 5. The Morgan fingerprint density at radius 3 is 2.71 bits per heavy atom. The Morgan fingerprint density at radius 1 is 1.46 bits per heavy atom. The van der Waals surface area contributed by atoms with E-state index < -0.39 is 21.8 Å². The second kappa shape index (κ2) is 7.62. The van der Waals surface area contributed by atoms with Gasteiger partial charge in [0.15, 0.2) is 0 Å². The van der Waals surface area contributed by atoms with Crippen molar-refractivity contribution in [3.05, 3.63) is 30.1 Å². The molecule has 1 aliphatic rings. The SMILES string of the molecule is CC(CS(=O)(=O)Nc1cccc(F)c1)C(=O)N1CCC(C#N)CC1. The van der Waals surface area contributed by atoms with Crippen molar-refractivity contribution >= 4 is 21.6 Å². The first-order chi connectivity index (χ1) is 11.3. The molecular weight excluding hydrogens is 333 g/mol. The molecule has 1 heterocycles. The van der Waals surface area contributed by atoms with E-state index in [4.69, 9.17) is 5.26 Å². The molecule has 8 heteroatoms. The largest absolute Gasteiger partial charge is 0.342 e. The molecule has 1 saturated heterocycles. The number of nitriles is 1. The van der Waals surface area contributed by atoms with Gasteiger partial charge in [-0.3, -0.25) is 9.52 Å². The zero-order valence-electron chi connectivity index (χ0n) is 13.4. The van der Waals surface area contributed by atoms with E-state index in [1.807, 2.05) is 0 Å². The van der Waals surface area contributed by atoms with Crippen LogP contribution in [-0.2, 0) is 14.8 Å². The summed E-state index contributed by atoms with van der Waals surface area (Å²) >= 11 is 0. The molecule has 2 rings (SSSR count). The Kier molecular flexibility index (Phi) is 5.78. The molecule has 1 aromatic carbocycles. The van der Waals surface area contributed by atoms with Crippen molar-refractivity contribution in [1.29, 1.82) is 5.26 Å². The summed E-state index contributed by atoms with van der Waals surface area (Å²) in [5.74, 6) is -1.91. The van der Waals surface area contributed by atoms with Crippen molar-refractivity contribution in [2.24, 2.45) is 11.8 Å². The standard InChI is InChI=1S/C16H20FN3O3S/c1-12(16(21)20-7-5-13(10-18)6-8-20)11-24(22,23)19-15-4-2-3-14(17)9-15/h2-4,9,12-13,19H,5-8,11H2,1H3. The molecule has 1 aliphatic heterocycles. The van der Waals surface area contributed by atoms with Gasteiger partial charge in [0.25, 0.3) is 0 Å². The highest BCUT2D eigenvalue weighted by molar-refractivity contribution is 7.92. The molecule has 0 bridgehead atoms. The molecule has 0 aromatic heterocycles. The predicted octanol–water partition coefficient (Wildman–Crippen LogP) is 1.97. The number of likely N-dealkylation sites (tertiary alicyclic amines) is 1. The van der Waals surface area contributed by atoms with Crippen LogP contribution in [0.4, 0.5) is 10.1 Å². The Balaban J connectivity index is 1.94. The molecule has 0 aliphatic carbocycles. The zero-order valence-corrected chi connectivity index (χ0v) is 14.2. The van der Waals surface area contributed by atoms with Crippen LogP contribution in [0.3, 0.4) is 0 Å². The molecule has 6 nitrogen and oxygen atoms in total. The Morgan fingerprint density at radius 2 is 2.12 bits per heavy atom. The fourth-order valence-corrected chi connectivity index (χ4v) is 4.08. The maximum absolute atomic E-state index is 13.1. The number of benzene rings is 1. The number of sulfonamides is 1. The fourth-order valence-electron chi connectivity index (χ4n) is 2.71. The van der Waals surface area contributed by atoms with Crippen LogP contribution in [0.1, 0.15) is 19.8 Å². The third kappa shape index (κ3) is 4.93. The summed E-state index contributed by atoms with van der Waals surface area (Å²) in [6, 6.07) is 7.33. The van der Waals surface area contributed by atoms with E-state index in [0.717, 1.165) is 6.07 Å². The molecule has 1 amide bonds. The van der Waals surface area contributed by atoms with Gasteiger partial charge in [0.1, 0.15) is 5.82 Å². The number of carbonyl (C=O) groups excluding carboxylic acids is 1. The minimum atomic E-state index is -3.77. The van der Waals surface area contributed by atoms with Crippen molar-refractivity contribution in [3.8, 4) is 6.07 Å². The molecule has 0 radical (unpaired) electrons. The average molecular weight is 353 g/mol. The summed E-state index contributed by atoms with van der Waals surface area (Å²) in [5, 5.41) is 8.87. The van der Waals surface area contributed by atoms with E-state index in [0.29, 0.717) is 25.9 Å². The van der Waals surface area contributed by atoms with Gasteiger partial charge >= 0.3 is 0 Å². The Hall–Kier alpha value is -2.14. The van der Waals surface area contributed by atoms with Gasteiger partial charge in [-0.05, 0) is 31.0 Å². The topological polar surface area (TPSA) is 90.3 Å². The highest BCUT2D eigenvalue weighted by Gasteiger charge is 2.28. The molecule has 24 heavy (non-hydrogen) atoms. The van der Waals surface area contributed by atoms with E-state index in [-0.39, 0.29) is 23.3 Å². The van der Waals surface area contributed by atoms with Crippen LogP contribution in [-0.4, -0.2) is 38.1 Å². The summed E-state index contributed by atoms with van der Waals surface area (Å²) in [6.45, 7) is 2.50. The van der Waals surface area contributed by atoms with Crippen LogP contribution in [0.25, 0.3) is 0 Å². The van der Waals surface area contributed by atoms with Gasteiger partial charge in [0.2, 0.25) is 15.9 Å². The molecule has 1 fully saturated rings. The van der Waals surface area contributed by atoms with Crippen molar-refractivity contribution in [3.63, 3.8) is 0 Å². The second-order valence-electron chi connectivity index (χ2n) is 6.02. The molecule has 1 aromatic rings. The van der Waals surface area contributed by atoms with Gasteiger partial charge in [0, 0.05) is 19.0 Å². The van der Waals surface area contributed by atoms with Crippen LogP contribution >= 0.6 is 0 Å². The third-order valence-corrected chi connectivity index (χ3v) is 5.46. The van der Waals surface area contributed by atoms with Gasteiger partial charge in [-0.25, -0.2) is 12.8 Å². The Bertz CT molecular complexity index is 737. The van der Waals surface area contributed by atoms with Crippen LogP contribution in [0.5, 0.6) is 0 Å². The smallest absolute Gasteiger partial charge is 0.233 e. The first-order valence-electron chi connectivity index (χ1n) is 7.75. The molecule has 130 valence electrons.